The lowest BCUT2D eigenvalue weighted by molar-refractivity contribution is 0.571. The van der Waals surface area contributed by atoms with Crippen LogP contribution in [0.4, 0.5) is 11.4 Å². The topological polar surface area (TPSA) is 8.17 Å². The van der Waals surface area contributed by atoms with Crippen LogP contribution in [0.5, 0.6) is 0 Å². The standard InChI is InChI=1S/C55H40N2S/c1-55(36-34-41(35-37-55)39-16-7-3-8-17-39)57(44-28-24-40(25-29-44)38-14-5-2-6-15-38)45-30-26-42(27-31-45)46-21-13-22-47-48-32-33-51-52(54(48)58-53(46)47)49-20-11-12-23-50(49)56(51)43-18-9-4-10-19-43/h2-36H,37H2,1H3. The monoisotopic (exact) mass is 760 g/mol. The van der Waals surface area contributed by atoms with Gasteiger partial charge in [0.2, 0.25) is 0 Å². The summed E-state index contributed by atoms with van der Waals surface area (Å²) < 4.78 is 5.07. The molecule has 0 aliphatic heterocycles. The Morgan fingerprint density at radius 2 is 1.07 bits per heavy atom. The van der Waals surface area contributed by atoms with Gasteiger partial charge in [0.1, 0.15) is 0 Å². The maximum absolute atomic E-state index is 2.51. The molecule has 1 atom stereocenters. The summed E-state index contributed by atoms with van der Waals surface area (Å²) in [7, 11) is 0. The fourth-order valence-corrected chi connectivity index (χ4v) is 10.5. The van der Waals surface area contributed by atoms with Crippen LogP contribution in [0, 0.1) is 0 Å². The van der Waals surface area contributed by atoms with E-state index in [1.165, 1.54) is 92.4 Å². The van der Waals surface area contributed by atoms with E-state index < -0.39 is 0 Å². The molecule has 3 heteroatoms. The first-order valence-electron chi connectivity index (χ1n) is 20.1. The normalized spacial score (nSPS) is 15.4. The van der Waals surface area contributed by atoms with Crippen LogP contribution in [-0.2, 0) is 0 Å². The SMILES string of the molecule is CC1(N(c2ccc(-c3ccccc3)cc2)c2ccc(-c3cccc4c3sc3c4ccc4c3c3ccccc3n4-c3ccccc3)cc2)C=CC(c2ccccc2)=CC1. The number of rotatable bonds is 7. The molecule has 1 unspecified atom stereocenters. The van der Waals surface area contributed by atoms with Crippen LogP contribution in [-0.4, -0.2) is 10.1 Å². The van der Waals surface area contributed by atoms with Gasteiger partial charge in [-0.25, -0.2) is 0 Å². The molecule has 8 aromatic carbocycles. The Kier molecular flexibility index (Phi) is 8.23. The quantitative estimate of drug-likeness (QED) is 0.157. The third-order valence-corrected chi connectivity index (χ3v) is 13.2. The van der Waals surface area contributed by atoms with E-state index in [4.69, 9.17) is 0 Å². The number of allylic oxidation sites excluding steroid dienone is 2. The van der Waals surface area contributed by atoms with Crippen molar-refractivity contribution in [3.05, 3.63) is 218 Å². The Balaban J connectivity index is 1.01. The lowest BCUT2D eigenvalue weighted by Crippen LogP contribution is -2.42. The highest BCUT2D eigenvalue weighted by molar-refractivity contribution is 7.27. The van der Waals surface area contributed by atoms with Crippen molar-refractivity contribution in [3.63, 3.8) is 0 Å². The number of thiophene rings is 1. The van der Waals surface area contributed by atoms with Crippen molar-refractivity contribution in [2.24, 2.45) is 0 Å². The van der Waals surface area contributed by atoms with Gasteiger partial charge in [-0.3, -0.25) is 0 Å². The highest BCUT2D eigenvalue weighted by atomic mass is 32.1. The van der Waals surface area contributed by atoms with Crippen molar-refractivity contribution in [2.75, 3.05) is 4.90 Å². The van der Waals surface area contributed by atoms with Crippen molar-refractivity contribution in [1.82, 2.24) is 4.57 Å². The summed E-state index contributed by atoms with van der Waals surface area (Å²) in [5.41, 5.74) is 13.2. The molecule has 0 radical (unpaired) electrons. The third kappa shape index (κ3) is 5.69. The summed E-state index contributed by atoms with van der Waals surface area (Å²) in [5.74, 6) is 0. The minimum Gasteiger partial charge on any atom is -0.332 e. The van der Waals surface area contributed by atoms with Gasteiger partial charge < -0.3 is 9.47 Å². The first kappa shape index (κ1) is 34.3. The highest BCUT2D eigenvalue weighted by Crippen LogP contribution is 2.47. The maximum atomic E-state index is 2.51. The summed E-state index contributed by atoms with van der Waals surface area (Å²) in [4.78, 5) is 2.51. The van der Waals surface area contributed by atoms with E-state index >= 15 is 0 Å². The minimum absolute atomic E-state index is 0.274. The van der Waals surface area contributed by atoms with E-state index in [-0.39, 0.29) is 5.54 Å². The lowest BCUT2D eigenvalue weighted by atomic mass is 9.85. The van der Waals surface area contributed by atoms with Crippen LogP contribution in [0.3, 0.4) is 0 Å². The highest BCUT2D eigenvalue weighted by Gasteiger charge is 2.32. The fourth-order valence-electron chi connectivity index (χ4n) is 9.09. The van der Waals surface area contributed by atoms with E-state index in [0.717, 1.165) is 6.42 Å². The molecule has 58 heavy (non-hydrogen) atoms. The van der Waals surface area contributed by atoms with E-state index in [1.807, 2.05) is 11.3 Å². The molecule has 11 rings (SSSR count). The number of hydrogen-bond donors (Lipinski definition) is 0. The molecule has 276 valence electrons. The number of anilines is 2. The van der Waals surface area contributed by atoms with Crippen LogP contribution >= 0.6 is 11.3 Å². The zero-order chi connectivity index (χ0) is 38.6. The number of fused-ring (bicyclic) bond motifs is 7. The molecular weight excluding hydrogens is 721 g/mol. The van der Waals surface area contributed by atoms with Gasteiger partial charge in [0.15, 0.2) is 0 Å². The van der Waals surface area contributed by atoms with Gasteiger partial charge in [-0.1, -0.05) is 164 Å². The molecule has 10 aromatic rings. The number of benzene rings is 8. The van der Waals surface area contributed by atoms with Crippen molar-refractivity contribution in [2.45, 2.75) is 18.9 Å². The maximum Gasteiger partial charge on any atom is 0.0643 e. The lowest BCUT2D eigenvalue weighted by Gasteiger charge is -2.42. The van der Waals surface area contributed by atoms with Crippen LogP contribution in [0.15, 0.2) is 212 Å². The largest absolute Gasteiger partial charge is 0.332 e. The Morgan fingerprint density at radius 3 is 1.76 bits per heavy atom. The van der Waals surface area contributed by atoms with Crippen LogP contribution in [0.1, 0.15) is 18.9 Å². The van der Waals surface area contributed by atoms with E-state index in [0.29, 0.717) is 0 Å². The summed E-state index contributed by atoms with van der Waals surface area (Å²) in [6.45, 7) is 2.36. The summed E-state index contributed by atoms with van der Waals surface area (Å²) in [6, 6.07) is 70.7. The van der Waals surface area contributed by atoms with Gasteiger partial charge in [0, 0.05) is 48.0 Å². The average Bonchev–Trinajstić information content (AvgIpc) is 3.84. The van der Waals surface area contributed by atoms with Gasteiger partial charge in [-0.15, -0.1) is 11.3 Å². The first-order chi connectivity index (χ1) is 28.6. The molecule has 1 aliphatic carbocycles. The number of nitrogens with zero attached hydrogens (tertiary/aromatic N) is 2. The second-order valence-electron chi connectivity index (χ2n) is 15.5. The second-order valence-corrected chi connectivity index (χ2v) is 16.5. The first-order valence-corrected chi connectivity index (χ1v) is 20.9. The van der Waals surface area contributed by atoms with Crippen LogP contribution in [0.2, 0.25) is 0 Å². The molecule has 0 bridgehead atoms. The molecule has 0 amide bonds. The van der Waals surface area contributed by atoms with Gasteiger partial charge in [-0.05, 0) is 95.3 Å². The van der Waals surface area contributed by atoms with Crippen molar-refractivity contribution in [3.8, 4) is 27.9 Å². The Labute approximate surface area is 342 Å². The summed E-state index contributed by atoms with van der Waals surface area (Å²) >= 11 is 1.92. The summed E-state index contributed by atoms with van der Waals surface area (Å²) in [5, 5.41) is 5.23. The molecule has 2 nitrogen and oxygen atoms in total. The van der Waals surface area contributed by atoms with Crippen LogP contribution in [0.25, 0.3) is 75.5 Å². The Morgan fingerprint density at radius 1 is 0.483 bits per heavy atom. The third-order valence-electron chi connectivity index (χ3n) is 12.0. The summed E-state index contributed by atoms with van der Waals surface area (Å²) in [6.07, 6.45) is 7.97. The molecule has 0 saturated carbocycles. The van der Waals surface area contributed by atoms with Gasteiger partial charge in [0.05, 0.1) is 16.6 Å². The smallest absolute Gasteiger partial charge is 0.0643 e. The Hall–Kier alpha value is -6.94. The molecule has 1 aliphatic rings. The molecular formula is C55H40N2S. The predicted molar refractivity (Wildman–Crippen MR) is 250 cm³/mol. The van der Waals surface area contributed by atoms with E-state index in [1.54, 1.807) is 0 Å². The molecule has 2 heterocycles. The van der Waals surface area contributed by atoms with Crippen molar-refractivity contribution in [1.29, 1.82) is 0 Å². The van der Waals surface area contributed by atoms with E-state index in [9.17, 15) is 0 Å². The van der Waals surface area contributed by atoms with Gasteiger partial charge in [0.25, 0.3) is 0 Å². The fraction of sp³-hybridized carbons (Fsp3) is 0.0545. The molecule has 2 aromatic heterocycles. The van der Waals surface area contributed by atoms with Crippen LogP contribution < -0.4 is 4.90 Å². The number of hydrogen-bond acceptors (Lipinski definition) is 2. The predicted octanol–water partition coefficient (Wildman–Crippen LogP) is 15.4. The second kappa shape index (κ2) is 13.9. The molecule has 0 spiro atoms. The molecule has 0 saturated heterocycles. The van der Waals surface area contributed by atoms with E-state index in [2.05, 4.69) is 229 Å². The number of para-hydroxylation sites is 2. The zero-order valence-electron chi connectivity index (χ0n) is 32.2. The van der Waals surface area contributed by atoms with Gasteiger partial charge >= 0.3 is 0 Å². The zero-order valence-corrected chi connectivity index (χ0v) is 33.0. The van der Waals surface area contributed by atoms with Crippen molar-refractivity contribution >= 4 is 70.3 Å². The Bertz CT molecular complexity index is 3170. The number of aromatic nitrogens is 1. The minimum atomic E-state index is -0.274. The average molecular weight is 761 g/mol. The molecule has 0 N–H and O–H groups in total. The van der Waals surface area contributed by atoms with Crippen molar-refractivity contribution < 1.29 is 0 Å². The van der Waals surface area contributed by atoms with Gasteiger partial charge in [-0.2, -0.15) is 0 Å². The molecule has 0 fully saturated rings.